The van der Waals surface area contributed by atoms with Crippen molar-refractivity contribution in [1.82, 2.24) is 9.78 Å². The number of aryl methyl sites for hydroxylation is 2. The molecule has 0 amide bonds. The first-order valence-electron chi connectivity index (χ1n) is 10.1. The Morgan fingerprint density at radius 1 is 1.20 bits per heavy atom. The fraction of sp³-hybridized carbons (Fsp3) is 0.524. The van der Waals surface area contributed by atoms with Gasteiger partial charge >= 0.3 is 5.97 Å². The van der Waals surface area contributed by atoms with Crippen molar-refractivity contribution in [3.63, 3.8) is 0 Å². The molecule has 1 aliphatic rings. The molecule has 30 heavy (non-hydrogen) atoms. The van der Waals surface area contributed by atoms with E-state index in [-0.39, 0.29) is 34.9 Å². The van der Waals surface area contributed by atoms with Crippen LogP contribution < -0.4 is 4.72 Å². The molecule has 3 rings (SSSR count). The molecule has 0 aliphatic heterocycles. The molecule has 1 aromatic carbocycles. The lowest BCUT2D eigenvalue weighted by molar-refractivity contribution is 0.0515. The highest BCUT2D eigenvalue weighted by molar-refractivity contribution is 7.92. The SMILES string of the molecule is CCOC(=O)c1c(NS(=O)(=O)c2ccc(C)cc2)c([C@H]2CC[C@@H](OC)CC2)nn1C. The number of benzene rings is 1. The Labute approximate surface area is 177 Å². The van der Waals surface area contributed by atoms with Crippen LogP contribution in [0.5, 0.6) is 0 Å². The van der Waals surface area contributed by atoms with Gasteiger partial charge in [-0.25, -0.2) is 13.2 Å². The molecule has 8 nitrogen and oxygen atoms in total. The van der Waals surface area contributed by atoms with Crippen LogP contribution in [0.1, 0.15) is 60.3 Å². The number of hydrogen-bond donors (Lipinski definition) is 1. The molecule has 0 radical (unpaired) electrons. The largest absolute Gasteiger partial charge is 0.461 e. The van der Waals surface area contributed by atoms with Crippen molar-refractivity contribution in [2.45, 2.75) is 56.4 Å². The average molecular weight is 436 g/mol. The normalized spacial score (nSPS) is 19.5. The summed E-state index contributed by atoms with van der Waals surface area (Å²) in [5, 5.41) is 4.53. The third-order valence-electron chi connectivity index (χ3n) is 5.51. The van der Waals surface area contributed by atoms with Crippen LogP contribution in [0.3, 0.4) is 0 Å². The number of nitrogens with zero attached hydrogens (tertiary/aromatic N) is 2. The minimum atomic E-state index is -3.90. The highest BCUT2D eigenvalue weighted by Gasteiger charge is 2.33. The summed E-state index contributed by atoms with van der Waals surface area (Å²) >= 11 is 0. The molecule has 1 aromatic heterocycles. The maximum atomic E-state index is 13.1. The van der Waals surface area contributed by atoms with Crippen LogP contribution in [0.25, 0.3) is 0 Å². The number of sulfonamides is 1. The van der Waals surface area contributed by atoms with Crippen LogP contribution in [0.4, 0.5) is 5.69 Å². The minimum absolute atomic E-state index is 0.0292. The number of aromatic nitrogens is 2. The van der Waals surface area contributed by atoms with E-state index in [2.05, 4.69) is 9.82 Å². The zero-order valence-electron chi connectivity index (χ0n) is 17.8. The van der Waals surface area contributed by atoms with Crippen molar-refractivity contribution in [2.75, 3.05) is 18.4 Å². The Balaban J connectivity index is 2.01. The highest BCUT2D eigenvalue weighted by Crippen LogP contribution is 2.39. The molecular weight excluding hydrogens is 406 g/mol. The van der Waals surface area contributed by atoms with E-state index in [0.29, 0.717) is 5.69 Å². The van der Waals surface area contributed by atoms with Crippen LogP contribution in [-0.2, 0) is 26.5 Å². The molecular formula is C21H29N3O5S. The van der Waals surface area contributed by atoms with Crippen molar-refractivity contribution in [3.8, 4) is 0 Å². The van der Waals surface area contributed by atoms with Gasteiger partial charge < -0.3 is 9.47 Å². The lowest BCUT2D eigenvalue weighted by Crippen LogP contribution is -2.21. The Kier molecular flexibility index (Phi) is 6.82. The lowest BCUT2D eigenvalue weighted by atomic mass is 9.84. The number of rotatable bonds is 7. The number of carbonyl (C=O) groups excluding carboxylic acids is 1. The van der Waals surface area contributed by atoms with Gasteiger partial charge in [-0.05, 0) is 51.7 Å². The van der Waals surface area contributed by atoms with Gasteiger partial charge in [-0.1, -0.05) is 17.7 Å². The Bertz CT molecular complexity index is 990. The number of nitrogens with one attached hydrogen (secondary N) is 1. The van der Waals surface area contributed by atoms with E-state index in [9.17, 15) is 13.2 Å². The second-order valence-electron chi connectivity index (χ2n) is 7.58. The molecule has 0 atom stereocenters. The number of hydrogen-bond acceptors (Lipinski definition) is 6. The zero-order chi connectivity index (χ0) is 21.9. The molecule has 0 saturated heterocycles. The van der Waals surface area contributed by atoms with Crippen molar-refractivity contribution < 1.29 is 22.7 Å². The molecule has 1 saturated carbocycles. The van der Waals surface area contributed by atoms with Crippen molar-refractivity contribution in [2.24, 2.45) is 7.05 Å². The Morgan fingerprint density at radius 2 is 1.83 bits per heavy atom. The summed E-state index contributed by atoms with van der Waals surface area (Å²) in [6.45, 7) is 3.78. The third-order valence-corrected chi connectivity index (χ3v) is 6.87. The smallest absolute Gasteiger partial charge is 0.358 e. The van der Waals surface area contributed by atoms with Gasteiger partial charge in [-0.3, -0.25) is 9.40 Å². The molecule has 164 valence electrons. The summed E-state index contributed by atoms with van der Waals surface area (Å²) in [5.74, 6) is -0.576. The quantitative estimate of drug-likeness (QED) is 0.670. The first-order chi connectivity index (χ1) is 14.3. The molecule has 9 heteroatoms. The van der Waals surface area contributed by atoms with Gasteiger partial charge in [0.05, 0.1) is 23.3 Å². The lowest BCUT2D eigenvalue weighted by Gasteiger charge is -2.27. The van der Waals surface area contributed by atoms with Gasteiger partial charge in [0.15, 0.2) is 5.69 Å². The molecule has 1 fully saturated rings. The van der Waals surface area contributed by atoms with E-state index in [4.69, 9.17) is 9.47 Å². The standard InChI is InChI=1S/C21H29N3O5S/c1-5-29-21(25)20-19(23-30(26,27)17-12-6-14(2)7-13-17)18(22-24(20)3)15-8-10-16(28-4)11-9-15/h6-7,12-13,15-16,23H,5,8-11H2,1-4H3/t15-,16+. The van der Waals surface area contributed by atoms with Gasteiger partial charge in [0, 0.05) is 20.1 Å². The molecule has 2 aromatic rings. The minimum Gasteiger partial charge on any atom is -0.461 e. The predicted octanol–water partition coefficient (Wildman–Crippen LogP) is 3.38. The fourth-order valence-electron chi connectivity index (χ4n) is 3.85. The third kappa shape index (κ3) is 4.67. The summed E-state index contributed by atoms with van der Waals surface area (Å²) in [6, 6.07) is 6.55. The average Bonchev–Trinajstić information content (AvgIpc) is 3.03. The molecule has 0 unspecified atom stereocenters. The molecule has 0 bridgehead atoms. The molecule has 0 spiro atoms. The van der Waals surface area contributed by atoms with E-state index in [1.54, 1.807) is 45.3 Å². The summed E-state index contributed by atoms with van der Waals surface area (Å²) in [4.78, 5) is 12.7. The highest BCUT2D eigenvalue weighted by atomic mass is 32.2. The zero-order valence-corrected chi connectivity index (χ0v) is 18.7. The molecule has 1 heterocycles. The van der Waals surface area contributed by atoms with Gasteiger partial charge in [-0.15, -0.1) is 0 Å². The first-order valence-corrected chi connectivity index (χ1v) is 11.6. The van der Waals surface area contributed by atoms with Gasteiger partial charge in [-0.2, -0.15) is 5.10 Å². The number of ether oxygens (including phenoxy) is 2. The van der Waals surface area contributed by atoms with Crippen LogP contribution >= 0.6 is 0 Å². The Hall–Kier alpha value is -2.39. The van der Waals surface area contributed by atoms with Crippen LogP contribution in [0.15, 0.2) is 29.2 Å². The van der Waals surface area contributed by atoms with E-state index >= 15 is 0 Å². The van der Waals surface area contributed by atoms with Gasteiger partial charge in [0.2, 0.25) is 0 Å². The molecule has 1 aliphatic carbocycles. The molecule has 1 N–H and O–H groups in total. The number of methoxy groups -OCH3 is 1. The van der Waals surface area contributed by atoms with E-state index in [0.717, 1.165) is 31.2 Å². The van der Waals surface area contributed by atoms with E-state index < -0.39 is 16.0 Å². The van der Waals surface area contributed by atoms with Crippen LogP contribution in [0.2, 0.25) is 0 Å². The summed E-state index contributed by atoms with van der Waals surface area (Å²) in [6.07, 6.45) is 3.52. The van der Waals surface area contributed by atoms with Gasteiger partial charge in [0.1, 0.15) is 5.69 Å². The monoisotopic (exact) mass is 435 g/mol. The van der Waals surface area contributed by atoms with Crippen molar-refractivity contribution >= 4 is 21.7 Å². The first kappa shape index (κ1) is 22.3. The number of esters is 1. The number of anilines is 1. The number of carbonyl (C=O) groups is 1. The summed E-state index contributed by atoms with van der Waals surface area (Å²) < 4.78 is 40.8. The fourth-order valence-corrected chi connectivity index (χ4v) is 4.93. The maximum Gasteiger partial charge on any atom is 0.358 e. The second kappa shape index (κ2) is 9.18. The predicted molar refractivity (Wildman–Crippen MR) is 113 cm³/mol. The summed E-state index contributed by atoms with van der Waals surface area (Å²) in [7, 11) is -0.575. The summed E-state index contributed by atoms with van der Waals surface area (Å²) in [5.41, 5.74) is 1.85. The second-order valence-corrected chi connectivity index (χ2v) is 9.26. The topological polar surface area (TPSA) is 99.5 Å². The van der Waals surface area contributed by atoms with Gasteiger partial charge in [0.25, 0.3) is 10.0 Å². The van der Waals surface area contributed by atoms with Crippen molar-refractivity contribution in [1.29, 1.82) is 0 Å². The van der Waals surface area contributed by atoms with Crippen molar-refractivity contribution in [3.05, 3.63) is 41.2 Å². The van der Waals surface area contributed by atoms with Crippen LogP contribution in [0, 0.1) is 6.92 Å². The van der Waals surface area contributed by atoms with E-state index in [1.807, 2.05) is 6.92 Å². The Morgan fingerprint density at radius 3 is 2.40 bits per heavy atom. The van der Waals surface area contributed by atoms with Crippen LogP contribution in [-0.4, -0.2) is 44.0 Å². The maximum absolute atomic E-state index is 13.1. The van der Waals surface area contributed by atoms with E-state index in [1.165, 1.54) is 4.68 Å².